The van der Waals surface area contributed by atoms with Crippen molar-refractivity contribution in [2.24, 2.45) is 0 Å². The number of rotatable bonds is 2. The highest BCUT2D eigenvalue weighted by Gasteiger charge is 2.22. The number of para-hydroxylation sites is 1. The van der Waals surface area contributed by atoms with Gasteiger partial charge in [-0.05, 0) is 54.5 Å². The molecule has 1 aliphatic rings. The fourth-order valence-electron chi connectivity index (χ4n) is 2.67. The summed E-state index contributed by atoms with van der Waals surface area (Å²) in [6.07, 6.45) is 1.06. The lowest BCUT2D eigenvalue weighted by molar-refractivity contribution is 0.256. The Morgan fingerprint density at radius 3 is 2.89 bits per heavy atom. The van der Waals surface area contributed by atoms with E-state index in [1.165, 1.54) is 14.8 Å². The standard InChI is InChI=1S/C15H17IN2O/c1-10-15(16)11(2)18(17-10)9-12-7-8-19-14-6-4-3-5-13(12)14/h3-6,12H,7-9H2,1-2H3. The van der Waals surface area contributed by atoms with Gasteiger partial charge in [-0.3, -0.25) is 4.68 Å². The molecule has 0 saturated carbocycles. The van der Waals surface area contributed by atoms with Gasteiger partial charge < -0.3 is 4.74 Å². The first-order valence-electron chi connectivity index (χ1n) is 6.58. The quantitative estimate of drug-likeness (QED) is 0.757. The van der Waals surface area contributed by atoms with Crippen molar-refractivity contribution in [1.82, 2.24) is 9.78 Å². The van der Waals surface area contributed by atoms with Crippen LogP contribution in [0.3, 0.4) is 0 Å². The molecule has 4 heteroatoms. The van der Waals surface area contributed by atoms with Crippen LogP contribution in [0, 0.1) is 17.4 Å². The van der Waals surface area contributed by atoms with Gasteiger partial charge in [-0.15, -0.1) is 0 Å². The molecule has 0 bridgehead atoms. The van der Waals surface area contributed by atoms with E-state index in [2.05, 4.69) is 64.4 Å². The summed E-state index contributed by atoms with van der Waals surface area (Å²) in [6, 6.07) is 8.36. The predicted octanol–water partition coefficient (Wildman–Crippen LogP) is 3.67. The highest BCUT2D eigenvalue weighted by molar-refractivity contribution is 14.1. The summed E-state index contributed by atoms with van der Waals surface area (Å²) in [5.74, 6) is 1.54. The number of hydrogen-bond acceptors (Lipinski definition) is 2. The molecule has 3 nitrogen and oxygen atoms in total. The molecular formula is C15H17IN2O. The number of aryl methyl sites for hydroxylation is 1. The van der Waals surface area contributed by atoms with Crippen LogP contribution < -0.4 is 4.74 Å². The monoisotopic (exact) mass is 368 g/mol. The van der Waals surface area contributed by atoms with Gasteiger partial charge in [0.15, 0.2) is 0 Å². The van der Waals surface area contributed by atoms with Crippen LogP contribution in [-0.4, -0.2) is 16.4 Å². The van der Waals surface area contributed by atoms with Crippen LogP contribution in [0.1, 0.15) is 29.3 Å². The lowest BCUT2D eigenvalue weighted by Gasteiger charge is -2.26. The van der Waals surface area contributed by atoms with Gasteiger partial charge in [0.25, 0.3) is 0 Å². The van der Waals surface area contributed by atoms with E-state index in [4.69, 9.17) is 4.74 Å². The summed E-state index contributed by atoms with van der Waals surface area (Å²) in [6.45, 7) is 5.96. The average molecular weight is 368 g/mol. The summed E-state index contributed by atoms with van der Waals surface area (Å²) in [4.78, 5) is 0. The Balaban J connectivity index is 1.90. The van der Waals surface area contributed by atoms with E-state index in [0.29, 0.717) is 5.92 Å². The first kappa shape index (κ1) is 13.0. The summed E-state index contributed by atoms with van der Waals surface area (Å²) in [7, 11) is 0. The average Bonchev–Trinajstić information content (AvgIpc) is 2.67. The van der Waals surface area contributed by atoms with Crippen molar-refractivity contribution in [1.29, 1.82) is 0 Å². The van der Waals surface area contributed by atoms with Gasteiger partial charge in [-0.25, -0.2) is 0 Å². The Labute approximate surface area is 127 Å². The molecule has 0 fully saturated rings. The van der Waals surface area contributed by atoms with Crippen LogP contribution in [0.15, 0.2) is 24.3 Å². The lowest BCUT2D eigenvalue weighted by Crippen LogP contribution is -2.19. The van der Waals surface area contributed by atoms with Crippen LogP contribution >= 0.6 is 22.6 Å². The zero-order chi connectivity index (χ0) is 13.4. The molecule has 0 aliphatic carbocycles. The number of nitrogens with zero attached hydrogens (tertiary/aromatic N) is 2. The van der Waals surface area contributed by atoms with Crippen LogP contribution in [-0.2, 0) is 6.54 Å². The number of aromatic nitrogens is 2. The molecule has 0 N–H and O–H groups in total. The van der Waals surface area contributed by atoms with Gasteiger partial charge in [0, 0.05) is 18.2 Å². The zero-order valence-corrected chi connectivity index (χ0v) is 13.3. The lowest BCUT2D eigenvalue weighted by atomic mass is 9.93. The summed E-state index contributed by atoms with van der Waals surface area (Å²) < 4.78 is 9.14. The maximum Gasteiger partial charge on any atom is 0.122 e. The minimum absolute atomic E-state index is 0.499. The Kier molecular flexibility index (Phi) is 3.52. The third-order valence-corrected chi connectivity index (χ3v) is 5.33. The number of fused-ring (bicyclic) bond motifs is 1. The van der Waals surface area contributed by atoms with Crippen molar-refractivity contribution in [2.45, 2.75) is 32.7 Å². The topological polar surface area (TPSA) is 27.1 Å². The zero-order valence-electron chi connectivity index (χ0n) is 11.2. The third-order valence-electron chi connectivity index (χ3n) is 3.77. The predicted molar refractivity (Wildman–Crippen MR) is 83.7 cm³/mol. The first-order chi connectivity index (χ1) is 9.16. The van der Waals surface area contributed by atoms with E-state index >= 15 is 0 Å². The maximum atomic E-state index is 5.72. The van der Waals surface area contributed by atoms with Crippen LogP contribution in [0.4, 0.5) is 0 Å². The SMILES string of the molecule is Cc1nn(CC2CCOc3ccccc32)c(C)c1I. The van der Waals surface area contributed by atoms with E-state index in [0.717, 1.165) is 31.0 Å². The Morgan fingerprint density at radius 2 is 2.16 bits per heavy atom. The van der Waals surface area contributed by atoms with Gasteiger partial charge in [0.05, 0.1) is 15.9 Å². The molecule has 1 aromatic carbocycles. The minimum Gasteiger partial charge on any atom is -0.493 e. The van der Waals surface area contributed by atoms with Crippen LogP contribution in [0.25, 0.3) is 0 Å². The van der Waals surface area contributed by atoms with Gasteiger partial charge in [0.2, 0.25) is 0 Å². The van der Waals surface area contributed by atoms with Crippen LogP contribution in [0.5, 0.6) is 5.75 Å². The molecule has 1 aliphatic heterocycles. The van der Waals surface area contributed by atoms with E-state index in [-0.39, 0.29) is 0 Å². The Hall–Kier alpha value is -1.04. The summed E-state index contributed by atoms with van der Waals surface area (Å²) in [5.41, 5.74) is 3.71. The largest absolute Gasteiger partial charge is 0.493 e. The molecule has 3 rings (SSSR count). The highest BCUT2D eigenvalue weighted by Crippen LogP contribution is 2.34. The van der Waals surface area contributed by atoms with Crippen molar-refractivity contribution < 1.29 is 4.74 Å². The Morgan fingerprint density at radius 1 is 1.37 bits per heavy atom. The van der Waals surface area contributed by atoms with Crippen molar-refractivity contribution in [2.75, 3.05) is 6.61 Å². The molecular weight excluding hydrogens is 351 g/mol. The van der Waals surface area contributed by atoms with E-state index in [9.17, 15) is 0 Å². The second kappa shape index (κ2) is 5.15. The van der Waals surface area contributed by atoms with Crippen LogP contribution in [0.2, 0.25) is 0 Å². The molecule has 1 aromatic heterocycles. The van der Waals surface area contributed by atoms with Crippen molar-refractivity contribution >= 4 is 22.6 Å². The fourth-order valence-corrected chi connectivity index (χ4v) is 3.05. The number of ether oxygens (including phenoxy) is 1. The molecule has 0 amide bonds. The van der Waals surface area contributed by atoms with Gasteiger partial charge in [0.1, 0.15) is 5.75 Å². The van der Waals surface area contributed by atoms with Gasteiger partial charge in [-0.2, -0.15) is 5.10 Å². The smallest absolute Gasteiger partial charge is 0.122 e. The molecule has 0 saturated heterocycles. The molecule has 1 atom stereocenters. The van der Waals surface area contributed by atoms with E-state index in [1.54, 1.807) is 0 Å². The van der Waals surface area contributed by atoms with E-state index in [1.807, 2.05) is 6.07 Å². The molecule has 100 valence electrons. The molecule has 2 heterocycles. The minimum atomic E-state index is 0.499. The number of halogens is 1. The Bertz CT molecular complexity index is 606. The molecule has 19 heavy (non-hydrogen) atoms. The van der Waals surface area contributed by atoms with Crippen molar-refractivity contribution in [3.05, 3.63) is 44.8 Å². The molecule has 0 spiro atoms. The normalized spacial score (nSPS) is 17.9. The summed E-state index contributed by atoms with van der Waals surface area (Å²) in [5, 5.41) is 4.65. The molecule has 0 radical (unpaired) electrons. The summed E-state index contributed by atoms with van der Waals surface area (Å²) >= 11 is 2.38. The second-order valence-corrected chi connectivity index (χ2v) is 6.12. The second-order valence-electron chi connectivity index (χ2n) is 5.04. The van der Waals surface area contributed by atoms with Crippen molar-refractivity contribution in [3.63, 3.8) is 0 Å². The van der Waals surface area contributed by atoms with Gasteiger partial charge >= 0.3 is 0 Å². The number of hydrogen-bond donors (Lipinski definition) is 0. The highest BCUT2D eigenvalue weighted by atomic mass is 127. The van der Waals surface area contributed by atoms with Gasteiger partial charge in [-0.1, -0.05) is 18.2 Å². The molecule has 1 unspecified atom stereocenters. The third kappa shape index (κ3) is 2.38. The first-order valence-corrected chi connectivity index (χ1v) is 7.66. The maximum absolute atomic E-state index is 5.72. The van der Waals surface area contributed by atoms with E-state index < -0.39 is 0 Å². The number of benzene rings is 1. The molecule has 2 aromatic rings. The fraction of sp³-hybridized carbons (Fsp3) is 0.400. The van der Waals surface area contributed by atoms with Crippen molar-refractivity contribution in [3.8, 4) is 5.75 Å².